The fourth-order valence-corrected chi connectivity index (χ4v) is 2.82. The maximum atomic E-state index is 12.0. The van der Waals surface area contributed by atoms with Crippen LogP contribution in [0.2, 0.25) is 0 Å². The van der Waals surface area contributed by atoms with Crippen molar-refractivity contribution >= 4 is 23.3 Å². The van der Waals surface area contributed by atoms with Crippen LogP contribution in [0.5, 0.6) is 0 Å². The Morgan fingerprint density at radius 1 is 1.08 bits per heavy atom. The van der Waals surface area contributed by atoms with Crippen molar-refractivity contribution in [1.29, 1.82) is 0 Å². The lowest BCUT2D eigenvalue weighted by atomic mass is 10.2. The molecule has 0 aliphatic rings. The molecule has 4 rings (SSSR count). The molecule has 0 unspecified atom stereocenters. The smallest absolute Gasteiger partial charge is 0.408 e. The van der Waals surface area contributed by atoms with Gasteiger partial charge in [-0.2, -0.15) is 4.98 Å². The Labute approximate surface area is 149 Å². The summed E-state index contributed by atoms with van der Waals surface area (Å²) < 4.78 is 12.2. The van der Waals surface area contributed by atoms with Crippen LogP contribution in [-0.4, -0.2) is 14.7 Å². The summed E-state index contributed by atoms with van der Waals surface area (Å²) in [5.41, 5.74) is 3.03. The van der Waals surface area contributed by atoms with E-state index in [0.717, 1.165) is 16.6 Å². The van der Waals surface area contributed by atoms with Crippen LogP contribution < -0.4 is 5.76 Å². The predicted molar refractivity (Wildman–Crippen MR) is 99.5 cm³/mol. The summed E-state index contributed by atoms with van der Waals surface area (Å²) >= 11 is 0. The average molecular weight is 347 g/mol. The third-order valence-corrected chi connectivity index (χ3v) is 4.05. The summed E-state index contributed by atoms with van der Waals surface area (Å²) in [6.07, 6.45) is 3.67. The van der Waals surface area contributed by atoms with Crippen LogP contribution >= 0.6 is 0 Å². The Morgan fingerprint density at radius 2 is 1.88 bits per heavy atom. The van der Waals surface area contributed by atoms with Gasteiger partial charge >= 0.3 is 5.76 Å². The fourth-order valence-electron chi connectivity index (χ4n) is 2.82. The molecule has 0 fully saturated rings. The SMILES string of the molecule is CC(C)n1c(=O)oc2cc(-c3noc(/C=C/c4ccccc4)n3)ccc21. The molecule has 0 spiro atoms. The molecule has 4 aromatic rings. The molecule has 0 aliphatic heterocycles. The second-order valence-corrected chi connectivity index (χ2v) is 6.21. The van der Waals surface area contributed by atoms with E-state index in [0.29, 0.717) is 17.3 Å². The molecule has 0 aliphatic carbocycles. The maximum absolute atomic E-state index is 12.0. The van der Waals surface area contributed by atoms with Gasteiger partial charge < -0.3 is 8.94 Å². The molecular weight excluding hydrogens is 330 g/mol. The van der Waals surface area contributed by atoms with E-state index in [1.807, 2.05) is 62.4 Å². The van der Waals surface area contributed by atoms with E-state index in [2.05, 4.69) is 10.1 Å². The van der Waals surface area contributed by atoms with E-state index in [-0.39, 0.29) is 11.8 Å². The standard InChI is InChI=1S/C20H17N3O3/c1-13(2)23-16-10-9-15(12-17(16)25-20(23)24)19-21-18(26-22-19)11-8-14-6-4-3-5-7-14/h3-13H,1-2H3/b11-8+. The van der Waals surface area contributed by atoms with Gasteiger partial charge in [0.05, 0.1) is 5.52 Å². The highest BCUT2D eigenvalue weighted by Crippen LogP contribution is 2.24. The summed E-state index contributed by atoms with van der Waals surface area (Å²) in [4.78, 5) is 16.4. The van der Waals surface area contributed by atoms with Gasteiger partial charge in [0.25, 0.3) is 5.89 Å². The van der Waals surface area contributed by atoms with Gasteiger partial charge in [0.15, 0.2) is 5.58 Å². The quantitative estimate of drug-likeness (QED) is 0.547. The topological polar surface area (TPSA) is 74.1 Å². The Balaban J connectivity index is 1.65. The van der Waals surface area contributed by atoms with Gasteiger partial charge in [-0.1, -0.05) is 35.5 Å². The number of nitrogens with zero attached hydrogens (tertiary/aromatic N) is 3. The Bertz CT molecular complexity index is 1130. The first-order chi connectivity index (χ1) is 12.6. The number of oxazole rings is 1. The lowest BCUT2D eigenvalue weighted by molar-refractivity contribution is 0.411. The lowest BCUT2D eigenvalue weighted by Gasteiger charge is -2.04. The molecule has 0 N–H and O–H groups in total. The lowest BCUT2D eigenvalue weighted by Crippen LogP contribution is -2.15. The molecule has 6 nitrogen and oxygen atoms in total. The van der Waals surface area contributed by atoms with Crippen LogP contribution in [0.15, 0.2) is 62.3 Å². The van der Waals surface area contributed by atoms with Crippen molar-refractivity contribution in [1.82, 2.24) is 14.7 Å². The van der Waals surface area contributed by atoms with Crippen molar-refractivity contribution in [3.05, 3.63) is 70.5 Å². The van der Waals surface area contributed by atoms with Crippen LogP contribution in [0.25, 0.3) is 34.6 Å². The molecule has 6 heteroatoms. The molecule has 0 saturated heterocycles. The summed E-state index contributed by atoms with van der Waals surface area (Å²) in [5, 5.41) is 4.01. The first kappa shape index (κ1) is 16.1. The van der Waals surface area contributed by atoms with Crippen LogP contribution in [0, 0.1) is 0 Å². The molecule has 2 aromatic heterocycles. The summed E-state index contributed by atoms with van der Waals surface area (Å²) in [6, 6.07) is 15.3. The van der Waals surface area contributed by atoms with Gasteiger partial charge in [0.2, 0.25) is 5.82 Å². The largest absolute Gasteiger partial charge is 0.420 e. The van der Waals surface area contributed by atoms with Gasteiger partial charge in [-0.05, 0) is 43.7 Å². The minimum atomic E-state index is -0.369. The van der Waals surface area contributed by atoms with Gasteiger partial charge in [0, 0.05) is 17.7 Å². The molecule has 0 amide bonds. The number of benzene rings is 2. The third kappa shape index (κ3) is 2.97. The number of hydrogen-bond donors (Lipinski definition) is 0. The van der Waals surface area contributed by atoms with E-state index in [9.17, 15) is 4.79 Å². The highest BCUT2D eigenvalue weighted by Gasteiger charge is 2.14. The number of aromatic nitrogens is 3. The Hall–Kier alpha value is -3.41. The van der Waals surface area contributed by atoms with E-state index >= 15 is 0 Å². The molecule has 0 atom stereocenters. The van der Waals surface area contributed by atoms with E-state index in [4.69, 9.17) is 8.94 Å². The van der Waals surface area contributed by atoms with Crippen LogP contribution in [0.3, 0.4) is 0 Å². The summed E-state index contributed by atoms with van der Waals surface area (Å²) in [5.74, 6) is 0.483. The first-order valence-corrected chi connectivity index (χ1v) is 8.34. The number of hydrogen-bond acceptors (Lipinski definition) is 5. The van der Waals surface area contributed by atoms with Gasteiger partial charge in [-0.15, -0.1) is 0 Å². The fraction of sp³-hybridized carbons (Fsp3) is 0.150. The van der Waals surface area contributed by atoms with Crippen molar-refractivity contribution in [2.45, 2.75) is 19.9 Å². The average Bonchev–Trinajstić information content (AvgIpc) is 3.23. The highest BCUT2D eigenvalue weighted by atomic mass is 16.5. The summed E-state index contributed by atoms with van der Waals surface area (Å²) in [7, 11) is 0. The summed E-state index contributed by atoms with van der Waals surface area (Å²) in [6.45, 7) is 3.88. The van der Waals surface area contributed by atoms with Crippen molar-refractivity contribution in [3.63, 3.8) is 0 Å². The first-order valence-electron chi connectivity index (χ1n) is 8.34. The zero-order valence-electron chi connectivity index (χ0n) is 14.4. The van der Waals surface area contributed by atoms with Crippen LogP contribution in [0.1, 0.15) is 31.3 Å². The van der Waals surface area contributed by atoms with Crippen molar-refractivity contribution in [2.75, 3.05) is 0 Å². The number of rotatable bonds is 4. The molecule has 130 valence electrons. The Kier molecular flexibility index (Phi) is 4.01. The molecule has 2 aromatic carbocycles. The van der Waals surface area contributed by atoms with Crippen LogP contribution in [-0.2, 0) is 0 Å². The molecule has 0 radical (unpaired) electrons. The Morgan fingerprint density at radius 3 is 2.65 bits per heavy atom. The van der Waals surface area contributed by atoms with Crippen LogP contribution in [0.4, 0.5) is 0 Å². The zero-order valence-corrected chi connectivity index (χ0v) is 14.4. The molecular formula is C20H17N3O3. The molecule has 0 bridgehead atoms. The van der Waals surface area contributed by atoms with Crippen molar-refractivity contribution in [3.8, 4) is 11.4 Å². The zero-order chi connectivity index (χ0) is 18.1. The van der Waals surface area contributed by atoms with Gasteiger partial charge in [0.1, 0.15) is 0 Å². The monoisotopic (exact) mass is 347 g/mol. The van der Waals surface area contributed by atoms with E-state index in [1.165, 1.54) is 0 Å². The minimum Gasteiger partial charge on any atom is -0.408 e. The molecule has 2 heterocycles. The predicted octanol–water partition coefficient (Wildman–Crippen LogP) is 4.40. The van der Waals surface area contributed by atoms with E-state index < -0.39 is 0 Å². The minimum absolute atomic E-state index is 0.0227. The van der Waals surface area contributed by atoms with Gasteiger partial charge in [-0.25, -0.2) is 4.79 Å². The second-order valence-electron chi connectivity index (χ2n) is 6.21. The van der Waals surface area contributed by atoms with E-state index in [1.54, 1.807) is 16.7 Å². The van der Waals surface area contributed by atoms with Gasteiger partial charge in [-0.3, -0.25) is 4.57 Å². The third-order valence-electron chi connectivity index (χ3n) is 4.05. The number of fused-ring (bicyclic) bond motifs is 1. The molecule has 26 heavy (non-hydrogen) atoms. The maximum Gasteiger partial charge on any atom is 0.420 e. The highest BCUT2D eigenvalue weighted by molar-refractivity contribution is 5.79. The second kappa shape index (κ2) is 6.48. The molecule has 0 saturated carbocycles. The van der Waals surface area contributed by atoms with Crippen molar-refractivity contribution < 1.29 is 8.94 Å². The van der Waals surface area contributed by atoms with Crippen molar-refractivity contribution in [2.24, 2.45) is 0 Å². The normalized spacial score (nSPS) is 11.8.